The number of hydrogen-bond acceptors (Lipinski definition) is 1. The summed E-state index contributed by atoms with van der Waals surface area (Å²) in [5.41, 5.74) is 0.988. The first-order valence-corrected chi connectivity index (χ1v) is 6.59. The maximum atomic E-state index is 10.3. The Hall–Kier alpha value is -0.440. The minimum atomic E-state index is -0.970. The Labute approximate surface area is 125 Å². The first kappa shape index (κ1) is 14.0. The van der Waals surface area contributed by atoms with Crippen molar-refractivity contribution < 1.29 is 5.11 Å². The average molecular weight is 322 g/mol. The fraction of sp³-hybridized carbons (Fsp3) is 0.0769. The van der Waals surface area contributed by atoms with Gasteiger partial charge in [-0.15, -0.1) is 0 Å². The molecule has 2 aromatic rings. The zero-order valence-electron chi connectivity index (χ0n) is 9.00. The molecule has 0 heterocycles. The molecule has 1 nitrogen and oxygen atoms in total. The maximum Gasteiger partial charge on any atom is 0.107 e. The maximum absolute atomic E-state index is 10.3. The SMILES string of the molecule is OC(c1cccc(Cl)c1Cl)c1cccc(Cl)c1Cl. The van der Waals surface area contributed by atoms with Crippen LogP contribution in [0.25, 0.3) is 0 Å². The van der Waals surface area contributed by atoms with Crippen molar-refractivity contribution in [2.75, 3.05) is 0 Å². The first-order valence-electron chi connectivity index (χ1n) is 5.08. The highest BCUT2D eigenvalue weighted by atomic mass is 35.5. The second-order valence-corrected chi connectivity index (χ2v) is 5.26. The van der Waals surface area contributed by atoms with Gasteiger partial charge in [-0.25, -0.2) is 0 Å². The molecule has 94 valence electrons. The molecule has 0 aliphatic heterocycles. The predicted molar refractivity (Wildman–Crippen MR) is 77.0 cm³/mol. The van der Waals surface area contributed by atoms with Crippen molar-refractivity contribution in [1.29, 1.82) is 0 Å². The Morgan fingerprint density at radius 2 is 1.11 bits per heavy atom. The third-order valence-corrected chi connectivity index (χ3v) is 4.22. The summed E-state index contributed by atoms with van der Waals surface area (Å²) in [6.45, 7) is 0. The van der Waals surface area contributed by atoms with Crippen LogP contribution in [0.15, 0.2) is 36.4 Å². The van der Waals surface area contributed by atoms with E-state index in [1.165, 1.54) is 0 Å². The highest BCUT2D eigenvalue weighted by molar-refractivity contribution is 6.43. The van der Waals surface area contributed by atoms with Gasteiger partial charge in [0.1, 0.15) is 6.10 Å². The van der Waals surface area contributed by atoms with Gasteiger partial charge in [0, 0.05) is 11.1 Å². The van der Waals surface area contributed by atoms with Gasteiger partial charge in [0.05, 0.1) is 20.1 Å². The lowest BCUT2D eigenvalue weighted by Crippen LogP contribution is -2.01. The molecule has 0 saturated heterocycles. The van der Waals surface area contributed by atoms with E-state index in [-0.39, 0.29) is 0 Å². The van der Waals surface area contributed by atoms with Gasteiger partial charge in [0.2, 0.25) is 0 Å². The second-order valence-electron chi connectivity index (χ2n) is 3.69. The largest absolute Gasteiger partial charge is 0.384 e. The monoisotopic (exact) mass is 320 g/mol. The average Bonchev–Trinajstić information content (AvgIpc) is 2.35. The Morgan fingerprint density at radius 1 is 0.722 bits per heavy atom. The predicted octanol–water partition coefficient (Wildman–Crippen LogP) is 5.38. The molecule has 0 aromatic heterocycles. The summed E-state index contributed by atoms with van der Waals surface area (Å²) < 4.78 is 0. The van der Waals surface area contributed by atoms with Crippen LogP contribution in [0, 0.1) is 0 Å². The van der Waals surface area contributed by atoms with Gasteiger partial charge in [0.15, 0.2) is 0 Å². The molecule has 0 aliphatic carbocycles. The molecule has 0 bridgehead atoms. The van der Waals surface area contributed by atoms with Crippen LogP contribution in [-0.4, -0.2) is 5.11 Å². The zero-order valence-corrected chi connectivity index (χ0v) is 12.0. The molecule has 0 unspecified atom stereocenters. The van der Waals surface area contributed by atoms with Crippen molar-refractivity contribution in [2.45, 2.75) is 6.10 Å². The summed E-state index contributed by atoms with van der Waals surface area (Å²) in [6, 6.07) is 10.1. The molecule has 18 heavy (non-hydrogen) atoms. The van der Waals surface area contributed by atoms with Crippen LogP contribution >= 0.6 is 46.4 Å². The Kier molecular flexibility index (Phi) is 4.41. The molecule has 0 saturated carbocycles. The van der Waals surface area contributed by atoms with Crippen LogP contribution in [0.2, 0.25) is 20.1 Å². The fourth-order valence-corrected chi connectivity index (χ4v) is 2.45. The van der Waals surface area contributed by atoms with Gasteiger partial charge >= 0.3 is 0 Å². The van der Waals surface area contributed by atoms with Crippen molar-refractivity contribution in [2.24, 2.45) is 0 Å². The lowest BCUT2D eigenvalue weighted by Gasteiger charge is -2.15. The van der Waals surface area contributed by atoms with Gasteiger partial charge in [-0.2, -0.15) is 0 Å². The third-order valence-electron chi connectivity index (χ3n) is 2.55. The first-order chi connectivity index (χ1) is 8.52. The van der Waals surface area contributed by atoms with E-state index in [1.54, 1.807) is 36.4 Å². The summed E-state index contributed by atoms with van der Waals surface area (Å²) in [4.78, 5) is 0. The molecule has 5 heteroatoms. The second kappa shape index (κ2) is 5.68. The van der Waals surface area contributed by atoms with Crippen molar-refractivity contribution in [1.82, 2.24) is 0 Å². The third kappa shape index (κ3) is 2.61. The van der Waals surface area contributed by atoms with Crippen LogP contribution in [0.5, 0.6) is 0 Å². The van der Waals surface area contributed by atoms with Crippen molar-refractivity contribution in [3.8, 4) is 0 Å². The highest BCUT2D eigenvalue weighted by Gasteiger charge is 2.19. The van der Waals surface area contributed by atoms with E-state index in [2.05, 4.69) is 0 Å². The number of halogens is 4. The van der Waals surface area contributed by atoms with E-state index in [1.807, 2.05) is 0 Å². The van der Waals surface area contributed by atoms with Gasteiger partial charge in [-0.1, -0.05) is 70.7 Å². The molecule has 0 amide bonds. The number of aliphatic hydroxyl groups is 1. The molecular weight excluding hydrogens is 314 g/mol. The molecule has 0 aliphatic rings. The van der Waals surface area contributed by atoms with Crippen LogP contribution in [0.1, 0.15) is 17.2 Å². The van der Waals surface area contributed by atoms with Crippen LogP contribution in [-0.2, 0) is 0 Å². The molecule has 0 fully saturated rings. The summed E-state index contributed by atoms with van der Waals surface area (Å²) in [5.74, 6) is 0. The summed E-state index contributed by atoms with van der Waals surface area (Å²) in [7, 11) is 0. The summed E-state index contributed by atoms with van der Waals surface area (Å²) >= 11 is 24.0. The van der Waals surface area contributed by atoms with Crippen molar-refractivity contribution >= 4 is 46.4 Å². The summed E-state index contributed by atoms with van der Waals surface area (Å²) in [5, 5.41) is 11.7. The number of rotatable bonds is 2. The van der Waals surface area contributed by atoms with Gasteiger partial charge in [0.25, 0.3) is 0 Å². The quantitative estimate of drug-likeness (QED) is 0.787. The van der Waals surface area contributed by atoms with E-state index in [4.69, 9.17) is 46.4 Å². The number of benzene rings is 2. The number of aliphatic hydroxyl groups excluding tert-OH is 1. The lowest BCUT2D eigenvalue weighted by atomic mass is 10.0. The summed E-state index contributed by atoms with van der Waals surface area (Å²) in [6.07, 6.45) is -0.970. The Bertz CT molecular complexity index is 532. The Balaban J connectivity index is 2.51. The zero-order chi connectivity index (χ0) is 13.3. The van der Waals surface area contributed by atoms with E-state index in [0.29, 0.717) is 31.2 Å². The van der Waals surface area contributed by atoms with Gasteiger partial charge in [-0.3, -0.25) is 0 Å². The van der Waals surface area contributed by atoms with E-state index >= 15 is 0 Å². The van der Waals surface area contributed by atoms with E-state index in [9.17, 15) is 5.11 Å². The molecular formula is C13H8Cl4O. The van der Waals surface area contributed by atoms with Crippen molar-refractivity contribution in [3.63, 3.8) is 0 Å². The molecule has 2 aromatic carbocycles. The van der Waals surface area contributed by atoms with E-state index in [0.717, 1.165) is 0 Å². The minimum absolute atomic E-state index is 0.308. The van der Waals surface area contributed by atoms with Gasteiger partial charge < -0.3 is 5.11 Å². The van der Waals surface area contributed by atoms with Gasteiger partial charge in [-0.05, 0) is 12.1 Å². The molecule has 2 rings (SSSR count). The fourth-order valence-electron chi connectivity index (χ4n) is 1.63. The minimum Gasteiger partial charge on any atom is -0.384 e. The van der Waals surface area contributed by atoms with Crippen molar-refractivity contribution in [3.05, 3.63) is 67.6 Å². The molecule has 0 atom stereocenters. The van der Waals surface area contributed by atoms with Crippen LogP contribution < -0.4 is 0 Å². The Morgan fingerprint density at radius 3 is 1.50 bits per heavy atom. The van der Waals surface area contributed by atoms with Crippen LogP contribution in [0.3, 0.4) is 0 Å². The molecule has 1 N–H and O–H groups in total. The number of hydrogen-bond donors (Lipinski definition) is 1. The smallest absolute Gasteiger partial charge is 0.107 e. The topological polar surface area (TPSA) is 20.2 Å². The molecule has 0 radical (unpaired) electrons. The standard InChI is InChI=1S/C13H8Cl4O/c14-9-5-1-3-7(11(9)16)13(18)8-4-2-6-10(15)12(8)17/h1-6,13,18H. The van der Waals surface area contributed by atoms with Crippen LogP contribution in [0.4, 0.5) is 0 Å². The highest BCUT2D eigenvalue weighted by Crippen LogP contribution is 2.37. The molecule has 0 spiro atoms. The normalized spacial score (nSPS) is 11.0. The van der Waals surface area contributed by atoms with E-state index < -0.39 is 6.10 Å². The lowest BCUT2D eigenvalue weighted by molar-refractivity contribution is 0.220.